The van der Waals surface area contributed by atoms with Gasteiger partial charge >= 0.3 is 5.97 Å². The van der Waals surface area contributed by atoms with E-state index in [1.54, 1.807) is 36.4 Å². The molecule has 0 unspecified atom stereocenters. The molecular weight excluding hydrogens is 259 g/mol. The van der Waals surface area contributed by atoms with E-state index in [9.17, 15) is 14.3 Å². The molecule has 0 atom stereocenters. The number of hydrogen-bond donors (Lipinski definition) is 1. The van der Waals surface area contributed by atoms with Gasteiger partial charge < -0.3 is 9.84 Å². The van der Waals surface area contributed by atoms with Gasteiger partial charge in [0.25, 0.3) is 0 Å². The van der Waals surface area contributed by atoms with Crippen LogP contribution in [-0.4, -0.2) is 18.2 Å². The molecule has 1 N–H and O–H groups in total. The summed E-state index contributed by atoms with van der Waals surface area (Å²) in [6.07, 6.45) is 1.31. The topological polar surface area (TPSA) is 46.5 Å². The third-order valence-electron chi connectivity index (χ3n) is 2.82. The summed E-state index contributed by atoms with van der Waals surface area (Å²) in [4.78, 5) is 11.4. The van der Waals surface area contributed by atoms with Crippen molar-refractivity contribution < 1.29 is 19.0 Å². The average molecular weight is 272 g/mol. The van der Waals surface area contributed by atoms with Crippen LogP contribution in [0, 0.1) is 5.82 Å². The first-order chi connectivity index (χ1) is 9.61. The third kappa shape index (κ3) is 3.03. The van der Waals surface area contributed by atoms with E-state index in [0.717, 1.165) is 0 Å². The Morgan fingerprint density at radius 2 is 1.95 bits per heavy atom. The van der Waals surface area contributed by atoms with Gasteiger partial charge in [-0.1, -0.05) is 30.3 Å². The molecule has 0 fully saturated rings. The lowest BCUT2D eigenvalue weighted by molar-refractivity contribution is -0.130. The van der Waals surface area contributed by atoms with E-state index in [1.165, 1.54) is 25.3 Å². The molecule has 0 heterocycles. The first-order valence-corrected chi connectivity index (χ1v) is 5.96. The molecule has 0 aliphatic carbocycles. The zero-order chi connectivity index (χ0) is 14.5. The minimum Gasteiger partial charge on any atom is -0.497 e. The number of aliphatic carboxylic acids is 1. The van der Waals surface area contributed by atoms with Crippen molar-refractivity contribution in [3.63, 3.8) is 0 Å². The largest absolute Gasteiger partial charge is 0.497 e. The molecular formula is C16H13FO3. The Kier molecular flexibility index (Phi) is 4.15. The van der Waals surface area contributed by atoms with Gasteiger partial charge in [0.05, 0.1) is 12.7 Å². The number of carbonyl (C=O) groups is 1. The second kappa shape index (κ2) is 6.02. The molecule has 0 saturated carbocycles. The lowest BCUT2D eigenvalue weighted by Gasteiger charge is -2.06. The van der Waals surface area contributed by atoms with Crippen LogP contribution in [0.25, 0.3) is 11.6 Å². The molecule has 2 aromatic rings. The van der Waals surface area contributed by atoms with Crippen LogP contribution in [0.2, 0.25) is 0 Å². The molecule has 20 heavy (non-hydrogen) atoms. The van der Waals surface area contributed by atoms with E-state index < -0.39 is 11.8 Å². The number of rotatable bonds is 4. The van der Waals surface area contributed by atoms with Crippen molar-refractivity contribution in [2.45, 2.75) is 0 Å². The lowest BCUT2D eigenvalue weighted by Crippen LogP contribution is -2.00. The van der Waals surface area contributed by atoms with Gasteiger partial charge in [-0.25, -0.2) is 9.18 Å². The van der Waals surface area contributed by atoms with E-state index in [0.29, 0.717) is 11.3 Å². The van der Waals surface area contributed by atoms with Crippen molar-refractivity contribution in [2.24, 2.45) is 0 Å². The standard InChI is InChI=1S/C16H13FO3/c1-20-13-7-4-6-11(9-13)14(16(18)19)10-12-5-2-3-8-15(12)17/h2-10H,1H3,(H,18,19)/b14-10+. The Morgan fingerprint density at radius 3 is 2.60 bits per heavy atom. The Hall–Kier alpha value is -2.62. The van der Waals surface area contributed by atoms with Gasteiger partial charge in [-0.15, -0.1) is 0 Å². The van der Waals surface area contributed by atoms with Crippen molar-refractivity contribution in [1.29, 1.82) is 0 Å². The van der Waals surface area contributed by atoms with Crippen LogP contribution in [0.15, 0.2) is 48.5 Å². The smallest absolute Gasteiger partial charge is 0.336 e. The number of carboxylic acids is 1. The minimum absolute atomic E-state index is 0.00833. The first-order valence-electron chi connectivity index (χ1n) is 5.96. The molecule has 0 aromatic heterocycles. The Bertz CT molecular complexity index is 662. The molecule has 0 spiro atoms. The molecule has 0 aliphatic rings. The van der Waals surface area contributed by atoms with Crippen LogP contribution in [0.1, 0.15) is 11.1 Å². The van der Waals surface area contributed by atoms with Crippen molar-refractivity contribution >= 4 is 17.6 Å². The van der Waals surface area contributed by atoms with E-state index in [1.807, 2.05) is 0 Å². The Balaban J connectivity index is 2.51. The zero-order valence-electron chi connectivity index (χ0n) is 10.8. The molecule has 0 amide bonds. The maximum atomic E-state index is 13.6. The van der Waals surface area contributed by atoms with Crippen molar-refractivity contribution in [2.75, 3.05) is 7.11 Å². The van der Waals surface area contributed by atoms with Crippen molar-refractivity contribution in [1.82, 2.24) is 0 Å². The SMILES string of the molecule is COc1cccc(/C(=C\c2ccccc2F)C(=O)O)c1. The monoisotopic (exact) mass is 272 g/mol. The maximum Gasteiger partial charge on any atom is 0.336 e. The summed E-state index contributed by atoms with van der Waals surface area (Å²) in [5, 5.41) is 9.31. The summed E-state index contributed by atoms with van der Waals surface area (Å²) in [7, 11) is 1.50. The molecule has 0 bridgehead atoms. The highest BCUT2D eigenvalue weighted by Gasteiger charge is 2.12. The molecule has 0 saturated heterocycles. The van der Waals surface area contributed by atoms with Crippen LogP contribution in [0.4, 0.5) is 4.39 Å². The first kappa shape index (κ1) is 13.8. The fourth-order valence-corrected chi connectivity index (χ4v) is 1.81. The highest BCUT2D eigenvalue weighted by atomic mass is 19.1. The van der Waals surface area contributed by atoms with Crippen LogP contribution >= 0.6 is 0 Å². The number of halogens is 1. The Morgan fingerprint density at radius 1 is 1.20 bits per heavy atom. The van der Waals surface area contributed by atoms with Crippen molar-refractivity contribution in [3.8, 4) is 5.75 Å². The maximum absolute atomic E-state index is 13.6. The predicted octanol–water partition coefficient (Wildman–Crippen LogP) is 3.46. The number of benzene rings is 2. The van der Waals surface area contributed by atoms with Crippen LogP contribution in [0.5, 0.6) is 5.75 Å². The number of hydrogen-bond acceptors (Lipinski definition) is 2. The van der Waals surface area contributed by atoms with Gasteiger partial charge in [-0.3, -0.25) is 0 Å². The quantitative estimate of drug-likeness (QED) is 0.685. The molecule has 0 aliphatic heterocycles. The second-order valence-electron chi connectivity index (χ2n) is 4.12. The van der Waals surface area contributed by atoms with E-state index in [2.05, 4.69) is 0 Å². The summed E-state index contributed by atoms with van der Waals surface area (Å²) in [5.41, 5.74) is 0.696. The van der Waals surface area contributed by atoms with Gasteiger partial charge in [-0.05, 0) is 29.8 Å². The predicted molar refractivity (Wildman–Crippen MR) is 74.9 cm³/mol. The molecule has 3 nitrogen and oxygen atoms in total. The van der Waals surface area contributed by atoms with Crippen LogP contribution in [-0.2, 0) is 4.79 Å². The normalized spacial score (nSPS) is 11.2. The summed E-state index contributed by atoms with van der Waals surface area (Å²) in [6, 6.07) is 12.7. The second-order valence-corrected chi connectivity index (χ2v) is 4.12. The molecule has 0 radical (unpaired) electrons. The average Bonchev–Trinajstić information content (AvgIpc) is 2.46. The van der Waals surface area contributed by atoms with E-state index >= 15 is 0 Å². The number of methoxy groups -OCH3 is 1. The highest BCUT2D eigenvalue weighted by molar-refractivity contribution is 6.20. The summed E-state index contributed by atoms with van der Waals surface area (Å²) >= 11 is 0. The fraction of sp³-hybridized carbons (Fsp3) is 0.0625. The van der Waals surface area contributed by atoms with Gasteiger partial charge in [0.15, 0.2) is 0 Å². The third-order valence-corrected chi connectivity index (χ3v) is 2.82. The molecule has 2 aromatic carbocycles. The van der Waals surface area contributed by atoms with Crippen molar-refractivity contribution in [3.05, 3.63) is 65.5 Å². The summed E-state index contributed by atoms with van der Waals surface area (Å²) in [5.74, 6) is -1.04. The van der Waals surface area contributed by atoms with E-state index in [4.69, 9.17) is 4.74 Å². The summed E-state index contributed by atoms with van der Waals surface area (Å²) in [6.45, 7) is 0. The zero-order valence-corrected chi connectivity index (χ0v) is 10.8. The lowest BCUT2D eigenvalue weighted by atomic mass is 10.0. The number of ether oxygens (including phenoxy) is 1. The van der Waals surface area contributed by atoms with Crippen LogP contribution < -0.4 is 4.74 Å². The van der Waals surface area contributed by atoms with E-state index in [-0.39, 0.29) is 11.1 Å². The number of carboxylic acid groups (broad SMARTS) is 1. The summed E-state index contributed by atoms with van der Waals surface area (Å²) < 4.78 is 18.7. The Labute approximate surface area is 115 Å². The molecule has 4 heteroatoms. The van der Waals surface area contributed by atoms with Gasteiger partial charge in [0.2, 0.25) is 0 Å². The molecule has 2 rings (SSSR count). The van der Waals surface area contributed by atoms with Crippen LogP contribution in [0.3, 0.4) is 0 Å². The minimum atomic E-state index is -1.12. The molecule has 102 valence electrons. The fourth-order valence-electron chi connectivity index (χ4n) is 1.81. The van der Waals surface area contributed by atoms with Gasteiger partial charge in [-0.2, -0.15) is 0 Å². The van der Waals surface area contributed by atoms with Gasteiger partial charge in [0, 0.05) is 5.56 Å². The van der Waals surface area contributed by atoms with Gasteiger partial charge in [0.1, 0.15) is 11.6 Å². The highest BCUT2D eigenvalue weighted by Crippen LogP contribution is 2.23.